The first-order valence-corrected chi connectivity index (χ1v) is 8.03. The Hall–Kier alpha value is -3.02. The number of aliphatic imine (C=N–C) groups is 1. The summed E-state index contributed by atoms with van der Waals surface area (Å²) < 4.78 is 15.4. The lowest BCUT2D eigenvalue weighted by Crippen LogP contribution is -2.38. The highest BCUT2D eigenvalue weighted by Crippen LogP contribution is 2.16. The van der Waals surface area contributed by atoms with Gasteiger partial charge in [0.2, 0.25) is 5.91 Å². The second-order valence-corrected chi connectivity index (χ2v) is 5.84. The van der Waals surface area contributed by atoms with E-state index in [0.29, 0.717) is 13.0 Å². The van der Waals surface area contributed by atoms with Gasteiger partial charge in [0.1, 0.15) is 11.7 Å². The minimum atomic E-state index is -0.885. The van der Waals surface area contributed by atoms with Crippen molar-refractivity contribution in [3.8, 4) is 0 Å². The van der Waals surface area contributed by atoms with Crippen molar-refractivity contribution >= 4 is 18.0 Å². The van der Waals surface area contributed by atoms with Crippen LogP contribution in [0.1, 0.15) is 11.6 Å². The number of benzene rings is 1. The zero-order valence-electron chi connectivity index (χ0n) is 13.5. The quantitative estimate of drug-likeness (QED) is 0.821. The van der Waals surface area contributed by atoms with E-state index < -0.39 is 11.8 Å². The lowest BCUT2D eigenvalue weighted by Gasteiger charge is -2.21. The average Bonchev–Trinajstić information content (AvgIpc) is 3.13. The monoisotopic (exact) mass is 339 g/mol. The predicted molar refractivity (Wildman–Crippen MR) is 92.7 cm³/mol. The zero-order valence-corrected chi connectivity index (χ0v) is 13.5. The Morgan fingerprint density at radius 1 is 1.28 bits per heavy atom. The van der Waals surface area contributed by atoms with E-state index in [1.165, 1.54) is 24.4 Å². The van der Waals surface area contributed by atoms with Gasteiger partial charge in [-0.3, -0.25) is 9.59 Å². The van der Waals surface area contributed by atoms with Crippen LogP contribution in [0.4, 0.5) is 4.39 Å². The Morgan fingerprint density at radius 2 is 2.08 bits per heavy atom. The van der Waals surface area contributed by atoms with Crippen LogP contribution in [0.3, 0.4) is 0 Å². The van der Waals surface area contributed by atoms with Crippen molar-refractivity contribution in [1.82, 2.24) is 9.88 Å². The molecule has 1 aliphatic rings. The number of hydrogen-bond acceptors (Lipinski definition) is 2. The van der Waals surface area contributed by atoms with Gasteiger partial charge in [0.15, 0.2) is 0 Å². The molecule has 0 bridgehead atoms. The summed E-state index contributed by atoms with van der Waals surface area (Å²) >= 11 is 0. The number of rotatable bonds is 6. The van der Waals surface area contributed by atoms with Crippen molar-refractivity contribution in [1.29, 1.82) is 0 Å². The summed E-state index contributed by atoms with van der Waals surface area (Å²) in [5.74, 6) is -2.02. The minimum absolute atomic E-state index is 0.0908. The van der Waals surface area contributed by atoms with Gasteiger partial charge in [0.25, 0.3) is 5.91 Å². The lowest BCUT2D eigenvalue weighted by atomic mass is 10.0. The number of aromatic nitrogens is 1. The first kappa shape index (κ1) is 16.8. The molecule has 25 heavy (non-hydrogen) atoms. The van der Waals surface area contributed by atoms with E-state index in [2.05, 4.69) is 10.3 Å². The molecule has 6 heteroatoms. The molecule has 1 aliphatic heterocycles. The van der Waals surface area contributed by atoms with Gasteiger partial charge < -0.3 is 9.88 Å². The number of carbonyl (C=O) groups excluding carboxylic acids is 2. The SMILES string of the molecule is O=C1N=CC=CC1C(=O)NCC(Cc1cccc(F)c1)n1cccc1. The van der Waals surface area contributed by atoms with E-state index in [0.717, 1.165) is 5.56 Å². The summed E-state index contributed by atoms with van der Waals surface area (Å²) in [5.41, 5.74) is 0.839. The summed E-state index contributed by atoms with van der Waals surface area (Å²) in [6, 6.07) is 10.1. The van der Waals surface area contributed by atoms with Crippen LogP contribution in [0.5, 0.6) is 0 Å². The van der Waals surface area contributed by atoms with E-state index in [4.69, 9.17) is 0 Å². The number of nitrogens with one attached hydrogen (secondary N) is 1. The van der Waals surface area contributed by atoms with Crippen molar-refractivity contribution < 1.29 is 14.0 Å². The molecule has 5 nitrogen and oxygen atoms in total. The maximum Gasteiger partial charge on any atom is 0.262 e. The molecule has 128 valence electrons. The molecule has 2 unspecified atom stereocenters. The molecule has 1 aromatic carbocycles. The summed E-state index contributed by atoms with van der Waals surface area (Å²) in [6.45, 7) is 0.325. The van der Waals surface area contributed by atoms with Gasteiger partial charge in [-0.2, -0.15) is 0 Å². The lowest BCUT2D eigenvalue weighted by molar-refractivity contribution is -0.131. The molecular weight excluding hydrogens is 321 g/mol. The van der Waals surface area contributed by atoms with Gasteiger partial charge in [-0.1, -0.05) is 18.2 Å². The molecule has 3 rings (SSSR count). The van der Waals surface area contributed by atoms with Crippen LogP contribution in [0.25, 0.3) is 0 Å². The highest BCUT2D eigenvalue weighted by atomic mass is 19.1. The third-order valence-corrected chi connectivity index (χ3v) is 4.06. The number of dihydropyridines is 1. The van der Waals surface area contributed by atoms with Crippen LogP contribution in [-0.4, -0.2) is 29.1 Å². The molecule has 0 fully saturated rings. The third-order valence-electron chi connectivity index (χ3n) is 4.06. The smallest absolute Gasteiger partial charge is 0.262 e. The zero-order chi connectivity index (χ0) is 17.6. The molecule has 0 radical (unpaired) electrons. The van der Waals surface area contributed by atoms with Gasteiger partial charge >= 0.3 is 0 Å². The highest BCUT2D eigenvalue weighted by Gasteiger charge is 2.25. The van der Waals surface area contributed by atoms with E-state index in [9.17, 15) is 14.0 Å². The molecule has 0 saturated carbocycles. The average molecular weight is 339 g/mol. The molecule has 0 spiro atoms. The van der Waals surface area contributed by atoms with Gasteiger partial charge in [-0.25, -0.2) is 9.38 Å². The van der Waals surface area contributed by atoms with Gasteiger partial charge in [0, 0.05) is 25.2 Å². The molecule has 2 atom stereocenters. The summed E-state index contributed by atoms with van der Waals surface area (Å²) in [5, 5.41) is 2.81. The van der Waals surface area contributed by atoms with Crippen molar-refractivity contribution in [2.24, 2.45) is 10.9 Å². The number of hydrogen-bond donors (Lipinski definition) is 1. The number of nitrogens with zero attached hydrogens (tertiary/aromatic N) is 2. The Bertz CT molecular complexity index is 812. The van der Waals surface area contributed by atoms with Gasteiger partial charge in [0.05, 0.1) is 6.04 Å². The fourth-order valence-corrected chi connectivity index (χ4v) is 2.78. The Kier molecular flexibility index (Phi) is 5.18. The number of halogens is 1. The number of amides is 2. The topological polar surface area (TPSA) is 63.5 Å². The molecular formula is C19H18FN3O2. The maximum atomic E-state index is 13.4. The van der Waals surface area contributed by atoms with Crippen LogP contribution >= 0.6 is 0 Å². The van der Waals surface area contributed by atoms with Crippen molar-refractivity contribution in [3.05, 3.63) is 72.3 Å². The normalized spacial score (nSPS) is 17.5. The predicted octanol–water partition coefficient (Wildman–Crippen LogP) is 2.31. The van der Waals surface area contributed by atoms with Crippen LogP contribution in [0.15, 0.2) is 65.9 Å². The van der Waals surface area contributed by atoms with Crippen LogP contribution < -0.4 is 5.32 Å². The van der Waals surface area contributed by atoms with Crippen molar-refractivity contribution in [2.45, 2.75) is 12.5 Å². The second kappa shape index (κ2) is 7.70. The third kappa shape index (κ3) is 4.29. The Morgan fingerprint density at radius 3 is 2.80 bits per heavy atom. The van der Waals surface area contributed by atoms with E-state index in [1.54, 1.807) is 12.1 Å². The van der Waals surface area contributed by atoms with Gasteiger partial charge in [-0.05, 0) is 42.3 Å². The molecule has 1 N–H and O–H groups in total. The van der Waals surface area contributed by atoms with Crippen LogP contribution in [0.2, 0.25) is 0 Å². The Balaban J connectivity index is 1.68. The van der Waals surface area contributed by atoms with Gasteiger partial charge in [-0.15, -0.1) is 0 Å². The summed E-state index contributed by atoms with van der Waals surface area (Å²) in [7, 11) is 0. The number of allylic oxidation sites excluding steroid dienone is 1. The minimum Gasteiger partial charge on any atom is -0.353 e. The van der Waals surface area contributed by atoms with Crippen molar-refractivity contribution in [2.75, 3.05) is 6.54 Å². The largest absolute Gasteiger partial charge is 0.353 e. The highest BCUT2D eigenvalue weighted by molar-refractivity contribution is 6.07. The van der Waals surface area contributed by atoms with Crippen LogP contribution in [0, 0.1) is 11.7 Å². The molecule has 0 aliphatic carbocycles. The standard InChI is InChI=1S/C19H18FN3O2/c20-15-6-3-5-14(11-15)12-16(23-9-1-2-10-23)13-22-19(25)17-7-4-8-21-18(17)24/h1-11,16-17H,12-13H2,(H,22,25). The second-order valence-electron chi connectivity index (χ2n) is 5.84. The van der Waals surface area contributed by atoms with E-state index >= 15 is 0 Å². The fourth-order valence-electron chi connectivity index (χ4n) is 2.78. The van der Waals surface area contributed by atoms with Crippen molar-refractivity contribution in [3.63, 3.8) is 0 Å². The molecule has 0 saturated heterocycles. The first-order chi connectivity index (χ1) is 12.1. The number of carbonyl (C=O) groups is 2. The molecule has 2 amide bonds. The Labute approximate surface area is 144 Å². The molecule has 2 aromatic rings. The fraction of sp³-hybridized carbons (Fsp3) is 0.211. The molecule has 1 aromatic heterocycles. The maximum absolute atomic E-state index is 13.4. The molecule has 2 heterocycles. The summed E-state index contributed by atoms with van der Waals surface area (Å²) in [4.78, 5) is 27.6. The first-order valence-electron chi connectivity index (χ1n) is 8.03. The van der Waals surface area contributed by atoms with E-state index in [1.807, 2.05) is 35.2 Å². The van der Waals surface area contributed by atoms with E-state index in [-0.39, 0.29) is 17.8 Å². The summed E-state index contributed by atoms with van der Waals surface area (Å²) in [6.07, 6.45) is 8.83. The van der Waals surface area contributed by atoms with Crippen LogP contribution in [-0.2, 0) is 16.0 Å².